The van der Waals surface area contributed by atoms with Crippen LogP contribution in [0.1, 0.15) is 33.7 Å². The maximum atomic E-state index is 14.4. The lowest BCUT2D eigenvalue weighted by Crippen LogP contribution is -2.54. The number of hydrogen-bond donors (Lipinski definition) is 1. The van der Waals surface area contributed by atoms with Crippen LogP contribution >= 0.6 is 15.9 Å². The van der Waals surface area contributed by atoms with Crippen molar-refractivity contribution in [1.82, 2.24) is 5.43 Å². The Balaban J connectivity index is 1.21. The van der Waals surface area contributed by atoms with Crippen molar-refractivity contribution >= 4 is 45.6 Å². The van der Waals surface area contributed by atoms with E-state index in [2.05, 4.69) is 26.5 Å². The molecule has 43 heavy (non-hydrogen) atoms. The Morgan fingerprint density at radius 1 is 0.907 bits per heavy atom. The molecule has 3 aliphatic carbocycles. The zero-order valence-electron chi connectivity index (χ0n) is 22.7. The van der Waals surface area contributed by atoms with Crippen molar-refractivity contribution in [3.05, 3.63) is 123 Å². The first-order chi connectivity index (χ1) is 21.0. The second kappa shape index (κ2) is 9.64. The van der Waals surface area contributed by atoms with Crippen molar-refractivity contribution in [3.63, 3.8) is 0 Å². The van der Waals surface area contributed by atoms with E-state index in [9.17, 15) is 14.4 Å². The van der Waals surface area contributed by atoms with Crippen molar-refractivity contribution in [2.45, 2.75) is 17.8 Å². The van der Waals surface area contributed by atoms with Crippen LogP contribution in [0.15, 0.2) is 101 Å². The Hall–Kier alpha value is -4.76. The number of rotatable bonds is 5. The third kappa shape index (κ3) is 3.74. The van der Waals surface area contributed by atoms with E-state index in [0.29, 0.717) is 17.2 Å². The van der Waals surface area contributed by atoms with Gasteiger partial charge in [0.2, 0.25) is 24.5 Å². The molecule has 3 amide bonds. The predicted molar refractivity (Wildman–Crippen MR) is 162 cm³/mol. The minimum Gasteiger partial charge on any atom is -0.454 e. The molecule has 1 N–H and O–H groups in total. The Kier molecular flexibility index (Phi) is 5.81. The molecule has 1 fully saturated rings. The van der Waals surface area contributed by atoms with Gasteiger partial charge in [-0.15, -0.1) is 0 Å². The highest BCUT2D eigenvalue weighted by atomic mass is 79.9. The Bertz CT molecular complexity index is 1820. The van der Waals surface area contributed by atoms with Crippen LogP contribution in [0, 0.1) is 11.8 Å². The second-order valence-electron chi connectivity index (χ2n) is 11.2. The van der Waals surface area contributed by atoms with E-state index >= 15 is 0 Å². The van der Waals surface area contributed by atoms with E-state index in [-0.39, 0.29) is 36.9 Å². The van der Waals surface area contributed by atoms with Gasteiger partial charge in [0.05, 0.1) is 29.4 Å². The van der Waals surface area contributed by atoms with Gasteiger partial charge in [-0.3, -0.25) is 14.4 Å². The van der Waals surface area contributed by atoms with Gasteiger partial charge in [-0.2, -0.15) is 5.10 Å². The summed E-state index contributed by atoms with van der Waals surface area (Å²) in [6.07, 6.45) is 1.75. The quantitative estimate of drug-likeness (QED) is 0.188. The number of hydrazone groups is 1. The monoisotopic (exact) mass is 633 g/mol. The minimum absolute atomic E-state index is 0.0804. The summed E-state index contributed by atoms with van der Waals surface area (Å²) in [5.41, 5.74) is 6.76. The van der Waals surface area contributed by atoms with Crippen LogP contribution in [-0.2, 0) is 26.2 Å². The Labute approximate surface area is 255 Å². The van der Waals surface area contributed by atoms with Gasteiger partial charge in [0, 0.05) is 16.6 Å². The van der Waals surface area contributed by atoms with Crippen LogP contribution < -0.4 is 19.8 Å². The number of imide groups is 1. The van der Waals surface area contributed by atoms with Gasteiger partial charge < -0.3 is 9.47 Å². The number of anilines is 1. The van der Waals surface area contributed by atoms with Crippen molar-refractivity contribution < 1.29 is 23.9 Å². The second-order valence-corrected chi connectivity index (χ2v) is 12.1. The number of fused-ring (bicyclic) bond motifs is 1. The zero-order chi connectivity index (χ0) is 29.3. The first-order valence-corrected chi connectivity index (χ1v) is 14.8. The standard InChI is InChI=1S/C34H24BrN3O5/c35-20-10-12-21(13-11-20)38-32(40)30-29-22-5-1-3-7-24(22)34(31(30)33(38)41,25-8-4-2-6-23(25)29)17-36-37-28(39)16-19-9-14-26-27(15-19)43-18-42-26/h1-15,17,29-31H,16,18H2,(H,37,39)/b36-17-/t29?,30-,31+,34?/m1/s1. The number of nitrogens with zero attached hydrogens (tertiary/aromatic N) is 2. The summed E-state index contributed by atoms with van der Waals surface area (Å²) < 4.78 is 11.7. The predicted octanol–water partition coefficient (Wildman–Crippen LogP) is 5.07. The first kappa shape index (κ1) is 25.9. The Morgan fingerprint density at radius 3 is 2.30 bits per heavy atom. The number of halogens is 1. The molecular formula is C34H24BrN3O5. The fourth-order valence-corrected chi connectivity index (χ4v) is 7.64. The summed E-state index contributed by atoms with van der Waals surface area (Å²) in [6.45, 7) is 0.157. The number of benzene rings is 4. The fourth-order valence-electron chi connectivity index (χ4n) is 7.38. The smallest absolute Gasteiger partial charge is 0.244 e. The third-order valence-corrected chi connectivity index (χ3v) is 9.56. The summed E-state index contributed by atoms with van der Waals surface area (Å²) in [5.74, 6) is -1.19. The highest BCUT2D eigenvalue weighted by Gasteiger charge is 2.68. The van der Waals surface area contributed by atoms with Gasteiger partial charge in [0.25, 0.3) is 0 Å². The highest BCUT2D eigenvalue weighted by molar-refractivity contribution is 9.10. The summed E-state index contributed by atoms with van der Waals surface area (Å²) >= 11 is 3.44. The number of carbonyl (C=O) groups is 3. The molecule has 0 spiro atoms. The lowest BCUT2D eigenvalue weighted by Gasteiger charge is -2.52. The van der Waals surface area contributed by atoms with Gasteiger partial charge in [-0.25, -0.2) is 10.3 Å². The number of ether oxygens (including phenoxy) is 2. The topological polar surface area (TPSA) is 97.3 Å². The van der Waals surface area contributed by atoms with E-state index in [1.165, 1.54) is 4.90 Å². The molecule has 212 valence electrons. The zero-order valence-corrected chi connectivity index (χ0v) is 24.3. The van der Waals surface area contributed by atoms with Gasteiger partial charge in [-0.05, 0) is 64.2 Å². The molecule has 0 radical (unpaired) electrons. The molecule has 4 aromatic carbocycles. The van der Waals surface area contributed by atoms with Crippen LogP contribution in [-0.4, -0.2) is 30.7 Å². The van der Waals surface area contributed by atoms with Gasteiger partial charge in [0.1, 0.15) is 0 Å². The molecule has 4 aromatic rings. The molecule has 9 rings (SSSR count). The van der Waals surface area contributed by atoms with Gasteiger partial charge >= 0.3 is 0 Å². The molecule has 2 aliphatic heterocycles. The molecule has 1 saturated heterocycles. The maximum absolute atomic E-state index is 14.4. The van der Waals surface area contributed by atoms with Crippen LogP contribution in [0.2, 0.25) is 0 Å². The van der Waals surface area contributed by atoms with Crippen molar-refractivity contribution in [3.8, 4) is 11.5 Å². The van der Waals surface area contributed by atoms with E-state index in [1.807, 2.05) is 66.7 Å². The number of carbonyl (C=O) groups excluding carboxylic acids is 3. The number of nitrogens with one attached hydrogen (secondary N) is 1. The molecule has 0 aromatic heterocycles. The lowest BCUT2D eigenvalue weighted by atomic mass is 9.47. The van der Waals surface area contributed by atoms with E-state index < -0.39 is 17.3 Å². The van der Waals surface area contributed by atoms with E-state index in [1.54, 1.807) is 30.5 Å². The van der Waals surface area contributed by atoms with Crippen LogP contribution in [0.3, 0.4) is 0 Å². The molecule has 9 heteroatoms. The number of amides is 3. The SMILES string of the molecule is O=C(Cc1ccc2c(c1)OCO2)N/N=C\C12c3ccccc3C(c3ccccc31)[C@H]1C(=O)N(c3ccc(Br)cc3)C(=O)[C@H]12. The normalized spacial score (nSPS) is 24.2. The van der Waals surface area contributed by atoms with Gasteiger partial charge in [0.15, 0.2) is 11.5 Å². The molecule has 2 atom stereocenters. The summed E-state index contributed by atoms with van der Waals surface area (Å²) in [4.78, 5) is 43.0. The largest absolute Gasteiger partial charge is 0.454 e. The summed E-state index contributed by atoms with van der Waals surface area (Å²) in [6, 6.07) is 28.5. The fraction of sp³-hybridized carbons (Fsp3) is 0.176. The summed E-state index contributed by atoms with van der Waals surface area (Å²) in [7, 11) is 0. The third-order valence-electron chi connectivity index (χ3n) is 9.03. The van der Waals surface area contributed by atoms with E-state index in [4.69, 9.17) is 9.47 Å². The molecule has 0 saturated carbocycles. The first-order valence-electron chi connectivity index (χ1n) is 14.0. The van der Waals surface area contributed by atoms with Crippen molar-refractivity contribution in [2.75, 3.05) is 11.7 Å². The van der Waals surface area contributed by atoms with E-state index in [0.717, 1.165) is 32.3 Å². The van der Waals surface area contributed by atoms with Crippen molar-refractivity contribution in [1.29, 1.82) is 0 Å². The van der Waals surface area contributed by atoms with Crippen molar-refractivity contribution in [2.24, 2.45) is 16.9 Å². The molecule has 2 heterocycles. The molecule has 0 unspecified atom stereocenters. The van der Waals surface area contributed by atoms with Gasteiger partial charge in [-0.1, -0.05) is 70.5 Å². The van der Waals surface area contributed by atoms with Crippen LogP contribution in [0.25, 0.3) is 0 Å². The molecule has 5 aliphatic rings. The van der Waals surface area contributed by atoms with Crippen LogP contribution in [0.4, 0.5) is 5.69 Å². The Morgan fingerprint density at radius 2 is 1.58 bits per heavy atom. The molecule has 2 bridgehead atoms. The minimum atomic E-state index is -1.06. The average molecular weight is 634 g/mol. The van der Waals surface area contributed by atoms with Crippen LogP contribution in [0.5, 0.6) is 11.5 Å². The lowest BCUT2D eigenvalue weighted by molar-refractivity contribution is -0.123. The highest BCUT2D eigenvalue weighted by Crippen LogP contribution is 2.63. The maximum Gasteiger partial charge on any atom is 0.244 e. The molecular weight excluding hydrogens is 610 g/mol. The summed E-state index contributed by atoms with van der Waals surface area (Å²) in [5, 5.41) is 4.49. The molecule has 8 nitrogen and oxygen atoms in total. The average Bonchev–Trinajstić information content (AvgIpc) is 3.60. The number of hydrogen-bond acceptors (Lipinski definition) is 6.